The number of hydrogen-bond donors (Lipinski definition) is 2. The van der Waals surface area contributed by atoms with Crippen LogP contribution in [0.1, 0.15) is 25.3 Å². The summed E-state index contributed by atoms with van der Waals surface area (Å²) in [5.74, 6) is 0. The molecule has 4 nitrogen and oxygen atoms in total. The first kappa shape index (κ1) is 17.2. The van der Waals surface area contributed by atoms with E-state index < -0.39 is 6.10 Å². The maximum atomic E-state index is 9.92. The van der Waals surface area contributed by atoms with Crippen LogP contribution in [0.4, 0.5) is 0 Å². The smallest absolute Gasteiger partial charge is 0.0958 e. The van der Waals surface area contributed by atoms with E-state index in [2.05, 4.69) is 22.3 Å². The highest BCUT2D eigenvalue weighted by Crippen LogP contribution is 2.24. The molecule has 2 N–H and O–H groups in total. The van der Waals surface area contributed by atoms with Crippen molar-refractivity contribution < 1.29 is 9.84 Å². The minimum Gasteiger partial charge on any atom is -0.391 e. The number of benzene rings is 1. The summed E-state index contributed by atoms with van der Waals surface area (Å²) in [5, 5.41) is 14.1. The highest BCUT2D eigenvalue weighted by Gasteiger charge is 2.35. The Morgan fingerprint density at radius 1 is 1.30 bits per heavy atom. The standard InChI is InChI=1S/C18H27ClN2O2/c1-13(22)18-11-21(16-6-8-20-9-7-16)17(12-23-18)10-14-2-4-15(19)5-3-14/h2-5,13,16-18,20,22H,6-12H2,1H3/t13?,17-,18?/m0/s1. The van der Waals surface area contributed by atoms with Crippen LogP contribution in [0.5, 0.6) is 0 Å². The number of hydrogen-bond acceptors (Lipinski definition) is 4. The van der Waals surface area contributed by atoms with E-state index >= 15 is 0 Å². The molecule has 2 unspecified atom stereocenters. The second kappa shape index (κ2) is 7.95. The first-order valence-electron chi connectivity index (χ1n) is 8.64. The number of rotatable bonds is 4. The summed E-state index contributed by atoms with van der Waals surface area (Å²) in [6, 6.07) is 9.06. The maximum absolute atomic E-state index is 9.92. The van der Waals surface area contributed by atoms with E-state index in [1.165, 1.54) is 18.4 Å². The summed E-state index contributed by atoms with van der Waals surface area (Å²) in [4.78, 5) is 2.58. The van der Waals surface area contributed by atoms with Crippen LogP contribution in [0, 0.1) is 0 Å². The van der Waals surface area contributed by atoms with Crippen molar-refractivity contribution in [1.29, 1.82) is 0 Å². The summed E-state index contributed by atoms with van der Waals surface area (Å²) in [6.07, 6.45) is 2.81. The Morgan fingerprint density at radius 3 is 2.65 bits per heavy atom. The largest absolute Gasteiger partial charge is 0.391 e. The fourth-order valence-corrected chi connectivity index (χ4v) is 3.81. The molecule has 0 aromatic heterocycles. The van der Waals surface area contributed by atoms with Gasteiger partial charge in [-0.2, -0.15) is 0 Å². The molecule has 2 aliphatic heterocycles. The Balaban J connectivity index is 1.71. The molecule has 0 amide bonds. The first-order valence-corrected chi connectivity index (χ1v) is 9.02. The molecular formula is C18H27ClN2O2. The third-order valence-corrected chi connectivity index (χ3v) is 5.31. The van der Waals surface area contributed by atoms with Crippen LogP contribution < -0.4 is 5.32 Å². The summed E-state index contributed by atoms with van der Waals surface area (Å²) in [5.41, 5.74) is 1.29. The van der Waals surface area contributed by atoms with E-state index in [1.54, 1.807) is 0 Å². The van der Waals surface area contributed by atoms with Crippen LogP contribution in [0.25, 0.3) is 0 Å². The van der Waals surface area contributed by atoms with Crippen molar-refractivity contribution in [2.24, 2.45) is 0 Å². The molecule has 2 heterocycles. The van der Waals surface area contributed by atoms with Crippen LogP contribution in [-0.4, -0.2) is 60.5 Å². The number of halogens is 1. The van der Waals surface area contributed by atoms with Crippen molar-refractivity contribution in [2.75, 3.05) is 26.2 Å². The lowest BCUT2D eigenvalue weighted by Crippen LogP contribution is -2.58. The highest BCUT2D eigenvalue weighted by atomic mass is 35.5. The Hall–Kier alpha value is -0.650. The average Bonchev–Trinajstić information content (AvgIpc) is 2.58. The Labute approximate surface area is 143 Å². The van der Waals surface area contributed by atoms with E-state index in [0.717, 1.165) is 31.1 Å². The number of ether oxygens (including phenoxy) is 1. The minimum absolute atomic E-state index is 0.0775. The third-order valence-electron chi connectivity index (χ3n) is 5.06. The van der Waals surface area contributed by atoms with Gasteiger partial charge in [0.05, 0.1) is 18.8 Å². The molecule has 0 saturated carbocycles. The number of aliphatic hydroxyl groups excluding tert-OH is 1. The monoisotopic (exact) mass is 338 g/mol. The highest BCUT2D eigenvalue weighted by molar-refractivity contribution is 6.30. The van der Waals surface area contributed by atoms with Crippen molar-refractivity contribution in [2.45, 2.75) is 50.5 Å². The first-order chi connectivity index (χ1) is 11.1. The van der Waals surface area contributed by atoms with Gasteiger partial charge in [-0.15, -0.1) is 0 Å². The van der Waals surface area contributed by atoms with Crippen molar-refractivity contribution in [3.63, 3.8) is 0 Å². The predicted molar refractivity (Wildman–Crippen MR) is 93.0 cm³/mol. The fourth-order valence-electron chi connectivity index (χ4n) is 3.69. The molecule has 0 bridgehead atoms. The molecule has 0 radical (unpaired) electrons. The average molecular weight is 339 g/mol. The normalized spacial score (nSPS) is 28.7. The van der Waals surface area contributed by atoms with Gasteiger partial charge >= 0.3 is 0 Å². The quantitative estimate of drug-likeness (QED) is 0.882. The van der Waals surface area contributed by atoms with Gasteiger partial charge in [0, 0.05) is 23.7 Å². The number of morpholine rings is 1. The molecule has 128 valence electrons. The van der Waals surface area contributed by atoms with Crippen LogP contribution in [0.15, 0.2) is 24.3 Å². The third kappa shape index (κ3) is 4.46. The van der Waals surface area contributed by atoms with Crippen LogP contribution in [-0.2, 0) is 11.2 Å². The van der Waals surface area contributed by atoms with E-state index in [0.29, 0.717) is 18.7 Å². The van der Waals surface area contributed by atoms with Crippen LogP contribution in [0.2, 0.25) is 5.02 Å². The van der Waals surface area contributed by atoms with E-state index in [9.17, 15) is 5.11 Å². The molecule has 0 spiro atoms. The molecule has 0 aliphatic carbocycles. The van der Waals surface area contributed by atoms with Crippen molar-refractivity contribution in [3.8, 4) is 0 Å². The molecule has 23 heavy (non-hydrogen) atoms. The van der Waals surface area contributed by atoms with Gasteiger partial charge in [-0.25, -0.2) is 0 Å². The zero-order chi connectivity index (χ0) is 16.2. The maximum Gasteiger partial charge on any atom is 0.0958 e. The molecule has 2 saturated heterocycles. The zero-order valence-corrected chi connectivity index (χ0v) is 14.5. The molecule has 1 aromatic carbocycles. The van der Waals surface area contributed by atoms with Gasteiger partial charge in [0.2, 0.25) is 0 Å². The lowest BCUT2D eigenvalue weighted by atomic mass is 9.96. The Kier molecular flexibility index (Phi) is 5.94. The van der Waals surface area contributed by atoms with E-state index in [4.69, 9.17) is 16.3 Å². The van der Waals surface area contributed by atoms with Gasteiger partial charge < -0.3 is 15.2 Å². The molecule has 3 atom stereocenters. The Morgan fingerprint density at radius 2 is 2.00 bits per heavy atom. The van der Waals surface area contributed by atoms with Crippen molar-refractivity contribution >= 4 is 11.6 Å². The zero-order valence-electron chi connectivity index (χ0n) is 13.7. The molecular weight excluding hydrogens is 312 g/mol. The van der Waals surface area contributed by atoms with Crippen LogP contribution >= 0.6 is 11.6 Å². The van der Waals surface area contributed by atoms with Crippen LogP contribution in [0.3, 0.4) is 0 Å². The topological polar surface area (TPSA) is 44.7 Å². The van der Waals surface area contributed by atoms with Gasteiger partial charge in [0.25, 0.3) is 0 Å². The van der Waals surface area contributed by atoms with Gasteiger partial charge in [0.15, 0.2) is 0 Å². The molecule has 5 heteroatoms. The lowest BCUT2D eigenvalue weighted by Gasteiger charge is -2.46. The summed E-state index contributed by atoms with van der Waals surface area (Å²) in [6.45, 7) is 5.48. The summed E-state index contributed by atoms with van der Waals surface area (Å²) >= 11 is 5.99. The second-order valence-corrected chi connectivity index (χ2v) is 7.21. The van der Waals surface area contributed by atoms with Gasteiger partial charge in [-0.3, -0.25) is 4.90 Å². The summed E-state index contributed by atoms with van der Waals surface area (Å²) in [7, 11) is 0. The van der Waals surface area contributed by atoms with Gasteiger partial charge in [0.1, 0.15) is 0 Å². The number of piperidine rings is 1. The molecule has 2 aliphatic rings. The molecule has 3 rings (SSSR count). The Bertz CT molecular complexity index is 488. The number of nitrogens with one attached hydrogen (secondary N) is 1. The summed E-state index contributed by atoms with van der Waals surface area (Å²) < 4.78 is 5.94. The number of aliphatic hydroxyl groups is 1. The van der Waals surface area contributed by atoms with Gasteiger partial charge in [-0.05, 0) is 57.0 Å². The lowest BCUT2D eigenvalue weighted by molar-refractivity contribution is -0.120. The minimum atomic E-state index is -0.421. The van der Waals surface area contributed by atoms with E-state index in [-0.39, 0.29) is 6.10 Å². The predicted octanol–water partition coefficient (Wildman–Crippen LogP) is 2.08. The van der Waals surface area contributed by atoms with E-state index in [1.807, 2.05) is 19.1 Å². The SMILES string of the molecule is CC(O)C1CN(C2CCNCC2)[C@@H](Cc2ccc(Cl)cc2)CO1. The fraction of sp³-hybridized carbons (Fsp3) is 0.667. The van der Waals surface area contributed by atoms with Crippen molar-refractivity contribution in [1.82, 2.24) is 10.2 Å². The number of nitrogens with zero attached hydrogens (tertiary/aromatic N) is 1. The molecule has 1 aromatic rings. The molecule has 2 fully saturated rings. The van der Waals surface area contributed by atoms with Crippen molar-refractivity contribution in [3.05, 3.63) is 34.9 Å². The second-order valence-electron chi connectivity index (χ2n) is 6.77. The van der Waals surface area contributed by atoms with Gasteiger partial charge in [-0.1, -0.05) is 23.7 Å².